The lowest BCUT2D eigenvalue weighted by Crippen LogP contribution is -2.09. The van der Waals surface area contributed by atoms with E-state index in [1.807, 2.05) is 19.1 Å². The van der Waals surface area contributed by atoms with Crippen LogP contribution in [-0.2, 0) is 0 Å². The molecule has 1 rings (SSSR count). The summed E-state index contributed by atoms with van der Waals surface area (Å²) in [5.41, 5.74) is 8.18. The minimum atomic E-state index is -0.0117. The smallest absolute Gasteiger partial charge is 0.124 e. The molecule has 17 heavy (non-hydrogen) atoms. The molecule has 0 radical (unpaired) electrons. The molecule has 0 saturated carbocycles. The average Bonchev–Trinajstić information content (AvgIpc) is 2.30. The van der Waals surface area contributed by atoms with E-state index in [0.29, 0.717) is 6.61 Å². The summed E-state index contributed by atoms with van der Waals surface area (Å²) in [5.74, 6) is 0.884. The molecule has 3 nitrogen and oxygen atoms in total. The second-order valence-corrected chi connectivity index (χ2v) is 4.46. The van der Waals surface area contributed by atoms with Gasteiger partial charge in [0.05, 0.1) is 6.61 Å². The van der Waals surface area contributed by atoms with E-state index in [1.165, 1.54) is 5.56 Å². The molecule has 1 aromatic carbocycles. The van der Waals surface area contributed by atoms with Crippen LogP contribution in [0.4, 0.5) is 0 Å². The Morgan fingerprint density at radius 2 is 2.06 bits per heavy atom. The van der Waals surface area contributed by atoms with Crippen molar-refractivity contribution in [3.05, 3.63) is 29.3 Å². The molecule has 0 aliphatic carbocycles. The minimum absolute atomic E-state index is 0.0117. The lowest BCUT2D eigenvalue weighted by molar-refractivity contribution is 0.265. The fraction of sp³-hybridized carbons (Fsp3) is 0.571. The summed E-state index contributed by atoms with van der Waals surface area (Å²) in [6.07, 6.45) is 2.81. The number of aliphatic hydroxyl groups excluding tert-OH is 1. The van der Waals surface area contributed by atoms with Crippen molar-refractivity contribution in [2.24, 2.45) is 5.73 Å². The number of benzene rings is 1. The Bertz CT molecular complexity index is 337. The lowest BCUT2D eigenvalue weighted by Gasteiger charge is -2.14. The summed E-state index contributed by atoms with van der Waals surface area (Å²) in [6.45, 7) is 4.96. The zero-order valence-corrected chi connectivity index (χ0v) is 10.8. The number of ether oxygens (including phenoxy) is 1. The second kappa shape index (κ2) is 7.30. The maximum atomic E-state index is 8.67. The monoisotopic (exact) mass is 237 g/mol. The van der Waals surface area contributed by atoms with E-state index in [0.717, 1.165) is 30.6 Å². The molecule has 96 valence electrons. The van der Waals surface area contributed by atoms with Crippen LogP contribution >= 0.6 is 0 Å². The van der Waals surface area contributed by atoms with Gasteiger partial charge >= 0.3 is 0 Å². The molecule has 1 aromatic rings. The first-order chi connectivity index (χ1) is 8.15. The zero-order chi connectivity index (χ0) is 12.7. The van der Waals surface area contributed by atoms with Gasteiger partial charge in [-0.15, -0.1) is 0 Å². The van der Waals surface area contributed by atoms with Crippen LogP contribution in [0.1, 0.15) is 43.4 Å². The van der Waals surface area contributed by atoms with Gasteiger partial charge in [0, 0.05) is 18.2 Å². The van der Waals surface area contributed by atoms with Crippen LogP contribution in [0.2, 0.25) is 0 Å². The summed E-state index contributed by atoms with van der Waals surface area (Å²) in [7, 11) is 0. The van der Waals surface area contributed by atoms with Crippen LogP contribution in [-0.4, -0.2) is 18.3 Å². The third kappa shape index (κ3) is 4.75. The van der Waals surface area contributed by atoms with Gasteiger partial charge in [0.25, 0.3) is 0 Å². The third-order valence-electron chi connectivity index (χ3n) is 2.72. The fourth-order valence-electron chi connectivity index (χ4n) is 1.73. The van der Waals surface area contributed by atoms with Gasteiger partial charge in [0.15, 0.2) is 0 Å². The van der Waals surface area contributed by atoms with Gasteiger partial charge in [0.2, 0.25) is 0 Å². The predicted octanol–water partition coefficient (Wildman–Crippen LogP) is 2.56. The zero-order valence-electron chi connectivity index (χ0n) is 10.8. The quantitative estimate of drug-likeness (QED) is 0.717. The molecular formula is C14H23NO2. The van der Waals surface area contributed by atoms with Crippen LogP contribution in [0.3, 0.4) is 0 Å². The van der Waals surface area contributed by atoms with Gasteiger partial charge in [0.1, 0.15) is 5.75 Å². The number of aryl methyl sites for hydroxylation is 1. The Balaban J connectivity index is 2.52. The van der Waals surface area contributed by atoms with Crippen LogP contribution in [0.15, 0.2) is 18.2 Å². The molecule has 0 saturated heterocycles. The van der Waals surface area contributed by atoms with Crippen LogP contribution < -0.4 is 10.5 Å². The van der Waals surface area contributed by atoms with Crippen molar-refractivity contribution in [2.45, 2.75) is 39.2 Å². The number of unbranched alkanes of at least 4 members (excludes halogenated alkanes) is 2. The molecule has 0 aromatic heterocycles. The second-order valence-electron chi connectivity index (χ2n) is 4.46. The first-order valence-electron chi connectivity index (χ1n) is 6.25. The summed E-state index contributed by atoms with van der Waals surface area (Å²) in [4.78, 5) is 0. The number of hydrogen-bond donors (Lipinski definition) is 2. The molecule has 0 heterocycles. The minimum Gasteiger partial charge on any atom is -0.493 e. The molecule has 3 N–H and O–H groups in total. The van der Waals surface area contributed by atoms with Gasteiger partial charge in [-0.1, -0.05) is 17.7 Å². The standard InChI is InChI=1S/C14H23NO2/c1-11-6-7-14(13(10-11)12(2)15)17-9-5-3-4-8-16/h6-7,10,12,16H,3-5,8-9,15H2,1-2H3/t12-/m1/s1. The Morgan fingerprint density at radius 3 is 2.71 bits per heavy atom. The Labute approximate surface area is 104 Å². The normalized spacial score (nSPS) is 12.5. The van der Waals surface area contributed by atoms with E-state index >= 15 is 0 Å². The molecule has 0 bridgehead atoms. The van der Waals surface area contributed by atoms with E-state index in [1.54, 1.807) is 0 Å². The molecule has 0 unspecified atom stereocenters. The highest BCUT2D eigenvalue weighted by atomic mass is 16.5. The molecule has 0 fully saturated rings. The van der Waals surface area contributed by atoms with Crippen molar-refractivity contribution in [3.8, 4) is 5.75 Å². The Kier molecular flexibility index (Phi) is 6.01. The highest BCUT2D eigenvalue weighted by Crippen LogP contribution is 2.25. The topological polar surface area (TPSA) is 55.5 Å². The Hall–Kier alpha value is -1.06. The first kappa shape index (κ1) is 14.0. The van der Waals surface area contributed by atoms with Crippen molar-refractivity contribution in [1.82, 2.24) is 0 Å². The number of aliphatic hydroxyl groups is 1. The third-order valence-corrected chi connectivity index (χ3v) is 2.72. The van der Waals surface area contributed by atoms with E-state index in [9.17, 15) is 0 Å². The number of hydrogen-bond acceptors (Lipinski definition) is 3. The van der Waals surface area contributed by atoms with Gasteiger partial charge in [-0.3, -0.25) is 0 Å². The van der Waals surface area contributed by atoms with Gasteiger partial charge in [-0.05, 0) is 39.2 Å². The summed E-state index contributed by atoms with van der Waals surface area (Å²) >= 11 is 0. The number of nitrogens with two attached hydrogens (primary N) is 1. The maximum absolute atomic E-state index is 8.67. The van der Waals surface area contributed by atoms with Gasteiger partial charge in [-0.25, -0.2) is 0 Å². The summed E-state index contributed by atoms with van der Waals surface area (Å²) in [6, 6.07) is 6.09. The molecule has 3 heteroatoms. The van der Waals surface area contributed by atoms with Crippen LogP contribution in [0, 0.1) is 6.92 Å². The highest BCUT2D eigenvalue weighted by molar-refractivity contribution is 5.38. The van der Waals surface area contributed by atoms with Crippen molar-refractivity contribution >= 4 is 0 Å². The van der Waals surface area contributed by atoms with Gasteiger partial charge in [-0.2, -0.15) is 0 Å². The largest absolute Gasteiger partial charge is 0.493 e. The average molecular weight is 237 g/mol. The molecule has 1 atom stereocenters. The van der Waals surface area contributed by atoms with Crippen molar-refractivity contribution in [3.63, 3.8) is 0 Å². The molecule has 0 spiro atoms. The molecule has 0 aliphatic heterocycles. The maximum Gasteiger partial charge on any atom is 0.124 e. The van der Waals surface area contributed by atoms with Crippen molar-refractivity contribution < 1.29 is 9.84 Å². The first-order valence-corrected chi connectivity index (χ1v) is 6.25. The lowest BCUT2D eigenvalue weighted by atomic mass is 10.1. The fourth-order valence-corrected chi connectivity index (χ4v) is 1.73. The van der Waals surface area contributed by atoms with Gasteiger partial charge < -0.3 is 15.6 Å². The highest BCUT2D eigenvalue weighted by Gasteiger charge is 2.08. The van der Waals surface area contributed by atoms with E-state index in [-0.39, 0.29) is 12.6 Å². The van der Waals surface area contributed by atoms with Crippen LogP contribution in [0.25, 0.3) is 0 Å². The molecular weight excluding hydrogens is 214 g/mol. The molecule has 0 amide bonds. The van der Waals surface area contributed by atoms with Crippen LogP contribution in [0.5, 0.6) is 5.75 Å². The molecule has 0 aliphatic rings. The van der Waals surface area contributed by atoms with Crippen molar-refractivity contribution in [2.75, 3.05) is 13.2 Å². The van der Waals surface area contributed by atoms with Crippen molar-refractivity contribution in [1.29, 1.82) is 0 Å². The summed E-state index contributed by atoms with van der Waals surface area (Å²) in [5, 5.41) is 8.67. The number of rotatable bonds is 7. The van der Waals surface area contributed by atoms with E-state index in [2.05, 4.69) is 13.0 Å². The predicted molar refractivity (Wildman–Crippen MR) is 70.2 cm³/mol. The SMILES string of the molecule is Cc1ccc(OCCCCCO)c([C@@H](C)N)c1. The summed E-state index contributed by atoms with van der Waals surface area (Å²) < 4.78 is 5.74. The Morgan fingerprint density at radius 1 is 1.29 bits per heavy atom. The van der Waals surface area contributed by atoms with E-state index < -0.39 is 0 Å². The van der Waals surface area contributed by atoms with E-state index in [4.69, 9.17) is 15.6 Å².